The van der Waals surface area contributed by atoms with Gasteiger partial charge in [0.25, 0.3) is 10.1 Å². The first kappa shape index (κ1) is 21.6. The number of nitrogen functional groups attached to an aromatic ring is 1. The van der Waals surface area contributed by atoms with Gasteiger partial charge in [-0.3, -0.25) is 25.4 Å². The Bertz CT molecular complexity index is 1650. The van der Waals surface area contributed by atoms with Gasteiger partial charge in [0.15, 0.2) is 0 Å². The molecule has 0 unspecified atom stereocenters. The highest BCUT2D eigenvalue weighted by molar-refractivity contribution is 7.86. The van der Waals surface area contributed by atoms with Crippen LogP contribution in [0.3, 0.4) is 0 Å². The van der Waals surface area contributed by atoms with Gasteiger partial charge in [0, 0.05) is 27.4 Å². The number of hydrogen-bond donors (Lipinski definition) is 4. The number of anilines is 3. The summed E-state index contributed by atoms with van der Waals surface area (Å²) in [5, 5.41) is 1.89. The lowest BCUT2D eigenvalue weighted by molar-refractivity contribution is 0.484. The van der Waals surface area contributed by atoms with E-state index in [1.54, 1.807) is 30.5 Å². The number of nitrogens with zero attached hydrogens (tertiary/aromatic N) is 2. The van der Waals surface area contributed by atoms with E-state index in [4.69, 9.17) is 5.73 Å². The number of fused-ring (bicyclic) bond motifs is 2. The molecule has 0 radical (unpaired) electrons. The summed E-state index contributed by atoms with van der Waals surface area (Å²) in [4.78, 5) is 8.99. The molecule has 0 aliphatic rings. The molecule has 0 fully saturated rings. The highest BCUT2D eigenvalue weighted by Crippen LogP contribution is 2.34. The average molecular weight is 472 g/mol. The summed E-state index contributed by atoms with van der Waals surface area (Å²) in [5.41, 5.74) is 17.0. The van der Waals surface area contributed by atoms with Crippen molar-refractivity contribution in [3.8, 4) is 11.3 Å². The lowest BCUT2D eigenvalue weighted by Crippen LogP contribution is -2.12. The first-order chi connectivity index (χ1) is 16.3. The van der Waals surface area contributed by atoms with Gasteiger partial charge in [0.1, 0.15) is 4.90 Å². The second-order valence-corrected chi connectivity index (χ2v) is 9.26. The summed E-state index contributed by atoms with van der Waals surface area (Å²) in [6.07, 6.45) is 1.65. The van der Waals surface area contributed by atoms with Crippen molar-refractivity contribution in [3.63, 3.8) is 0 Å². The Labute approximate surface area is 196 Å². The first-order valence-electron chi connectivity index (χ1n) is 10.4. The van der Waals surface area contributed by atoms with E-state index >= 15 is 0 Å². The van der Waals surface area contributed by atoms with Crippen molar-refractivity contribution >= 4 is 48.9 Å². The van der Waals surface area contributed by atoms with E-state index in [1.165, 1.54) is 6.07 Å². The van der Waals surface area contributed by atoms with E-state index < -0.39 is 10.1 Å². The Morgan fingerprint density at radius 2 is 1.71 bits per heavy atom. The molecule has 0 saturated carbocycles. The van der Waals surface area contributed by atoms with Gasteiger partial charge in [0.05, 0.1) is 34.5 Å². The van der Waals surface area contributed by atoms with E-state index in [9.17, 15) is 13.0 Å². The van der Waals surface area contributed by atoms with Crippen LogP contribution < -0.4 is 16.6 Å². The molecule has 2 aromatic heterocycles. The van der Waals surface area contributed by atoms with Crippen molar-refractivity contribution < 1.29 is 13.0 Å². The number of hydrogen-bond acceptors (Lipinski definition) is 7. The number of para-hydroxylation sites is 1. The molecule has 5 aromatic rings. The number of rotatable bonds is 5. The molecule has 34 heavy (non-hydrogen) atoms. The fourth-order valence-electron chi connectivity index (χ4n) is 3.90. The number of nitrogens with one attached hydrogen (secondary N) is 2. The largest absolute Gasteiger partial charge is 0.396 e. The molecule has 5 N–H and O–H groups in total. The smallest absolute Gasteiger partial charge is 0.295 e. The molecule has 5 rings (SSSR count). The number of nitrogens with two attached hydrogens (primary N) is 1. The normalized spacial score (nSPS) is 11.6. The average Bonchev–Trinajstić information content (AvgIpc) is 2.83. The van der Waals surface area contributed by atoms with Gasteiger partial charge >= 0.3 is 0 Å². The lowest BCUT2D eigenvalue weighted by atomic mass is 10.1. The molecule has 0 aliphatic carbocycles. The number of aryl methyl sites for hydroxylation is 1. The maximum atomic E-state index is 11.9. The molecular formula is C25H21N5O3S. The van der Waals surface area contributed by atoms with Crippen LogP contribution in [0, 0.1) is 6.92 Å². The van der Waals surface area contributed by atoms with Crippen LogP contribution in [0.4, 0.5) is 17.1 Å². The van der Waals surface area contributed by atoms with Crippen LogP contribution >= 0.6 is 0 Å². The summed E-state index contributed by atoms with van der Waals surface area (Å²) >= 11 is 0. The fourth-order valence-corrected chi connectivity index (χ4v) is 4.62. The van der Waals surface area contributed by atoms with Gasteiger partial charge in [-0.1, -0.05) is 48.5 Å². The van der Waals surface area contributed by atoms with E-state index in [0.29, 0.717) is 27.8 Å². The van der Waals surface area contributed by atoms with Gasteiger partial charge in [-0.25, -0.2) is 0 Å². The topological polar surface area (TPSA) is 130 Å². The Balaban J connectivity index is 1.44. The number of aromatic nitrogens is 2. The van der Waals surface area contributed by atoms with Crippen molar-refractivity contribution in [2.45, 2.75) is 11.8 Å². The van der Waals surface area contributed by atoms with Crippen LogP contribution in [0.2, 0.25) is 0 Å². The third-order valence-electron chi connectivity index (χ3n) is 5.57. The van der Waals surface area contributed by atoms with E-state index in [0.717, 1.165) is 27.9 Å². The van der Waals surface area contributed by atoms with Gasteiger partial charge < -0.3 is 5.73 Å². The second kappa shape index (κ2) is 8.29. The Hall–Kier alpha value is -4.21. The molecular weight excluding hydrogens is 450 g/mol. The van der Waals surface area contributed by atoms with Crippen LogP contribution in [-0.2, 0) is 10.1 Å². The summed E-state index contributed by atoms with van der Waals surface area (Å²) in [6, 6.07) is 21.7. The van der Waals surface area contributed by atoms with Crippen molar-refractivity contribution in [2.24, 2.45) is 0 Å². The molecule has 0 aliphatic heterocycles. The van der Waals surface area contributed by atoms with E-state index in [-0.39, 0.29) is 4.90 Å². The molecule has 3 aromatic carbocycles. The van der Waals surface area contributed by atoms with Crippen LogP contribution in [0.25, 0.3) is 32.9 Å². The minimum atomic E-state index is -4.45. The maximum Gasteiger partial charge on any atom is 0.295 e. The maximum absolute atomic E-state index is 11.9. The number of benzene rings is 3. The fraction of sp³-hybridized carbons (Fsp3) is 0.0400. The highest BCUT2D eigenvalue weighted by Gasteiger charge is 2.18. The summed E-state index contributed by atoms with van der Waals surface area (Å²) in [5.74, 6) is 0. The van der Waals surface area contributed by atoms with Gasteiger partial charge in [-0.05, 0) is 31.2 Å². The van der Waals surface area contributed by atoms with Crippen LogP contribution in [0.15, 0.2) is 83.9 Å². The van der Waals surface area contributed by atoms with Gasteiger partial charge in [-0.2, -0.15) is 8.42 Å². The quantitative estimate of drug-likeness (QED) is 0.160. The van der Waals surface area contributed by atoms with Crippen LogP contribution in [-0.4, -0.2) is 22.9 Å². The minimum absolute atomic E-state index is 0.228. The first-order valence-corrected chi connectivity index (χ1v) is 11.9. The monoisotopic (exact) mass is 471 g/mol. The van der Waals surface area contributed by atoms with Gasteiger partial charge in [0.2, 0.25) is 0 Å². The second-order valence-electron chi connectivity index (χ2n) is 7.87. The zero-order valence-corrected chi connectivity index (χ0v) is 19.0. The standard InChI is InChI=1S/C25H21N5O3S/c1-15-9-10-16-5-4-8-20(25(16)28-15)21-12-11-17(14-27-21)29-30-22-13-23(34(31,32)33)18-6-2-3-7-19(18)24(22)26/h2-14,29-30H,26H2,1H3,(H,31,32,33). The molecule has 9 heteroatoms. The van der Waals surface area contributed by atoms with Crippen LogP contribution in [0.5, 0.6) is 0 Å². The van der Waals surface area contributed by atoms with Crippen molar-refractivity contribution in [1.29, 1.82) is 0 Å². The number of pyridine rings is 2. The Kier molecular flexibility index (Phi) is 5.27. The van der Waals surface area contributed by atoms with Crippen LogP contribution in [0.1, 0.15) is 5.69 Å². The van der Waals surface area contributed by atoms with Crippen molar-refractivity contribution in [1.82, 2.24) is 9.97 Å². The predicted molar refractivity (Wildman–Crippen MR) is 135 cm³/mol. The Morgan fingerprint density at radius 1 is 0.912 bits per heavy atom. The highest BCUT2D eigenvalue weighted by atomic mass is 32.2. The summed E-state index contributed by atoms with van der Waals surface area (Å²) in [7, 11) is -4.45. The third kappa shape index (κ3) is 3.98. The zero-order valence-electron chi connectivity index (χ0n) is 18.1. The lowest BCUT2D eigenvalue weighted by Gasteiger charge is -2.16. The summed E-state index contributed by atoms with van der Waals surface area (Å²) < 4.78 is 33.5. The minimum Gasteiger partial charge on any atom is -0.396 e. The predicted octanol–water partition coefficient (Wildman–Crippen LogP) is 5.03. The Morgan fingerprint density at radius 3 is 2.44 bits per heavy atom. The number of hydrazine groups is 1. The molecule has 0 atom stereocenters. The molecule has 2 heterocycles. The SMILES string of the molecule is Cc1ccc2cccc(-c3ccc(NNc4cc(S(=O)(=O)O)c5ccccc5c4N)cn3)c2n1. The van der Waals surface area contributed by atoms with Gasteiger partial charge in [-0.15, -0.1) is 0 Å². The van der Waals surface area contributed by atoms with Crippen molar-refractivity contribution in [3.05, 3.63) is 84.7 Å². The van der Waals surface area contributed by atoms with E-state index in [1.807, 2.05) is 49.4 Å². The zero-order chi connectivity index (χ0) is 23.9. The summed E-state index contributed by atoms with van der Waals surface area (Å²) in [6.45, 7) is 1.95. The molecule has 8 nitrogen and oxygen atoms in total. The van der Waals surface area contributed by atoms with E-state index in [2.05, 4.69) is 20.8 Å². The van der Waals surface area contributed by atoms with Crippen molar-refractivity contribution in [2.75, 3.05) is 16.6 Å². The molecule has 0 amide bonds. The third-order valence-corrected chi connectivity index (χ3v) is 6.46. The molecule has 170 valence electrons. The molecule has 0 bridgehead atoms. The molecule has 0 saturated heterocycles. The molecule has 0 spiro atoms.